The second-order valence-corrected chi connectivity index (χ2v) is 6.82. The molecule has 20 heavy (non-hydrogen) atoms. The number of rotatable bonds is 7. The summed E-state index contributed by atoms with van der Waals surface area (Å²) in [7, 11) is 0. The first kappa shape index (κ1) is 14.1. The first-order valence-electron chi connectivity index (χ1n) is 8.54. The van der Waals surface area contributed by atoms with Crippen LogP contribution in [0.1, 0.15) is 64.1 Å². The van der Waals surface area contributed by atoms with Gasteiger partial charge in [-0.05, 0) is 62.5 Å². The molecule has 3 atom stereocenters. The molecule has 2 aliphatic rings. The maximum atomic E-state index is 4.72. The molecule has 0 spiro atoms. The Morgan fingerprint density at radius 2 is 2.15 bits per heavy atom. The van der Waals surface area contributed by atoms with E-state index < -0.39 is 0 Å². The minimum atomic E-state index is 0.564. The molecule has 2 aliphatic carbocycles. The average Bonchev–Trinajstić information content (AvgIpc) is 3.17. The molecular formula is C17H29N3. The van der Waals surface area contributed by atoms with E-state index in [9.17, 15) is 0 Å². The Balaban J connectivity index is 1.44. The van der Waals surface area contributed by atoms with Crippen molar-refractivity contribution in [1.29, 1.82) is 0 Å². The van der Waals surface area contributed by atoms with Crippen molar-refractivity contribution in [3.8, 4) is 0 Å². The zero-order valence-corrected chi connectivity index (χ0v) is 13.0. The zero-order chi connectivity index (χ0) is 13.9. The molecule has 3 unspecified atom stereocenters. The summed E-state index contributed by atoms with van der Waals surface area (Å²) in [6.45, 7) is 6.60. The van der Waals surface area contributed by atoms with E-state index in [1.807, 2.05) is 0 Å². The number of nitrogens with one attached hydrogen (secondary N) is 1. The van der Waals surface area contributed by atoms with Crippen molar-refractivity contribution in [2.24, 2.45) is 17.8 Å². The standard InChI is InChI=1S/C17H29N3/c1-3-17(4-2)20-8-7-16(19-20)12-18-11-15-10-13-5-6-14(15)9-13/h7-8,13-15,17-18H,3-6,9-12H2,1-2H3. The molecule has 2 fully saturated rings. The van der Waals surface area contributed by atoms with Crippen LogP contribution in [0.25, 0.3) is 0 Å². The van der Waals surface area contributed by atoms with Gasteiger partial charge in [0.2, 0.25) is 0 Å². The molecule has 3 nitrogen and oxygen atoms in total. The van der Waals surface area contributed by atoms with Crippen molar-refractivity contribution in [3.63, 3.8) is 0 Å². The Bertz CT molecular complexity index is 422. The van der Waals surface area contributed by atoms with E-state index in [0.717, 1.165) is 37.1 Å². The van der Waals surface area contributed by atoms with E-state index in [1.54, 1.807) is 0 Å². The minimum absolute atomic E-state index is 0.564. The quantitative estimate of drug-likeness (QED) is 0.821. The lowest BCUT2D eigenvalue weighted by molar-refractivity contribution is 0.317. The normalized spacial score (nSPS) is 28.6. The van der Waals surface area contributed by atoms with Gasteiger partial charge >= 0.3 is 0 Å². The van der Waals surface area contributed by atoms with Crippen LogP contribution in [0, 0.1) is 17.8 Å². The molecule has 1 aromatic heterocycles. The third-order valence-electron chi connectivity index (χ3n) is 5.58. The average molecular weight is 275 g/mol. The first-order chi connectivity index (χ1) is 9.80. The lowest BCUT2D eigenvalue weighted by atomic mass is 9.89. The Morgan fingerprint density at radius 3 is 2.80 bits per heavy atom. The molecule has 0 aromatic carbocycles. The topological polar surface area (TPSA) is 29.9 Å². The summed E-state index contributed by atoms with van der Waals surface area (Å²) in [5, 5.41) is 8.36. The van der Waals surface area contributed by atoms with Gasteiger partial charge in [-0.1, -0.05) is 20.3 Å². The van der Waals surface area contributed by atoms with E-state index >= 15 is 0 Å². The summed E-state index contributed by atoms with van der Waals surface area (Å²) in [6.07, 6.45) is 10.4. The Labute approximate surface area is 123 Å². The second kappa shape index (κ2) is 6.30. The van der Waals surface area contributed by atoms with Crippen LogP contribution in [-0.4, -0.2) is 16.3 Å². The monoisotopic (exact) mass is 275 g/mol. The number of hydrogen-bond acceptors (Lipinski definition) is 2. The van der Waals surface area contributed by atoms with Gasteiger partial charge in [0, 0.05) is 12.7 Å². The van der Waals surface area contributed by atoms with Crippen molar-refractivity contribution in [2.75, 3.05) is 6.54 Å². The van der Waals surface area contributed by atoms with Crippen molar-refractivity contribution in [1.82, 2.24) is 15.1 Å². The Kier molecular flexibility index (Phi) is 4.45. The fourth-order valence-electron chi connectivity index (χ4n) is 4.35. The van der Waals surface area contributed by atoms with Crippen molar-refractivity contribution >= 4 is 0 Å². The molecule has 1 aromatic rings. The minimum Gasteiger partial charge on any atom is -0.311 e. The highest BCUT2D eigenvalue weighted by atomic mass is 15.3. The number of hydrogen-bond donors (Lipinski definition) is 1. The fraction of sp³-hybridized carbons (Fsp3) is 0.824. The molecule has 2 saturated carbocycles. The van der Waals surface area contributed by atoms with E-state index in [-0.39, 0.29) is 0 Å². The fourth-order valence-corrected chi connectivity index (χ4v) is 4.35. The maximum Gasteiger partial charge on any atom is 0.0762 e. The SMILES string of the molecule is CCC(CC)n1ccc(CNCC2CC3CCC2C3)n1. The molecule has 0 radical (unpaired) electrons. The molecule has 0 amide bonds. The lowest BCUT2D eigenvalue weighted by Gasteiger charge is -2.21. The molecular weight excluding hydrogens is 246 g/mol. The molecule has 3 heteroatoms. The van der Waals surface area contributed by atoms with E-state index in [1.165, 1.54) is 37.9 Å². The smallest absolute Gasteiger partial charge is 0.0762 e. The van der Waals surface area contributed by atoms with E-state index in [0.29, 0.717) is 6.04 Å². The number of nitrogens with zero attached hydrogens (tertiary/aromatic N) is 2. The molecule has 0 saturated heterocycles. The second-order valence-electron chi connectivity index (χ2n) is 6.82. The van der Waals surface area contributed by atoms with Gasteiger partial charge in [-0.3, -0.25) is 4.68 Å². The van der Waals surface area contributed by atoms with Crippen LogP contribution in [-0.2, 0) is 6.54 Å². The van der Waals surface area contributed by atoms with Crippen LogP contribution >= 0.6 is 0 Å². The summed E-state index contributed by atoms with van der Waals surface area (Å²) >= 11 is 0. The van der Waals surface area contributed by atoms with Gasteiger partial charge in [-0.15, -0.1) is 0 Å². The van der Waals surface area contributed by atoms with Gasteiger partial charge in [0.15, 0.2) is 0 Å². The summed E-state index contributed by atoms with van der Waals surface area (Å²) < 4.78 is 2.15. The zero-order valence-electron chi connectivity index (χ0n) is 13.0. The third kappa shape index (κ3) is 2.93. The van der Waals surface area contributed by atoms with Gasteiger partial charge in [0.1, 0.15) is 0 Å². The molecule has 1 N–H and O–H groups in total. The Hall–Kier alpha value is -0.830. The third-order valence-corrected chi connectivity index (χ3v) is 5.58. The largest absolute Gasteiger partial charge is 0.311 e. The van der Waals surface area contributed by atoms with Crippen molar-refractivity contribution in [3.05, 3.63) is 18.0 Å². The van der Waals surface area contributed by atoms with Crippen molar-refractivity contribution < 1.29 is 0 Å². The van der Waals surface area contributed by atoms with Crippen LogP contribution in [0.5, 0.6) is 0 Å². The molecule has 112 valence electrons. The van der Waals surface area contributed by atoms with Gasteiger partial charge in [-0.2, -0.15) is 5.10 Å². The number of fused-ring (bicyclic) bond motifs is 2. The molecule has 2 bridgehead atoms. The summed E-state index contributed by atoms with van der Waals surface area (Å²) in [5.74, 6) is 3.02. The Morgan fingerprint density at radius 1 is 1.30 bits per heavy atom. The molecule has 1 heterocycles. The highest BCUT2D eigenvalue weighted by Gasteiger charge is 2.38. The molecule has 0 aliphatic heterocycles. The summed E-state index contributed by atoms with van der Waals surface area (Å²) in [4.78, 5) is 0. The van der Waals surface area contributed by atoms with Crippen molar-refractivity contribution in [2.45, 2.75) is 65.0 Å². The predicted octanol–water partition coefficient (Wildman–Crippen LogP) is 3.77. The van der Waals surface area contributed by atoms with E-state index in [2.05, 4.69) is 36.1 Å². The van der Waals surface area contributed by atoms with Gasteiger partial charge in [0.05, 0.1) is 11.7 Å². The van der Waals surface area contributed by atoms with Crippen LogP contribution in [0.3, 0.4) is 0 Å². The highest BCUT2D eigenvalue weighted by Crippen LogP contribution is 2.47. The summed E-state index contributed by atoms with van der Waals surface area (Å²) in [5.41, 5.74) is 1.19. The van der Waals surface area contributed by atoms with E-state index in [4.69, 9.17) is 5.10 Å². The highest BCUT2D eigenvalue weighted by molar-refractivity contribution is 5.00. The first-order valence-corrected chi connectivity index (χ1v) is 8.54. The van der Waals surface area contributed by atoms with Crippen LogP contribution < -0.4 is 5.32 Å². The van der Waals surface area contributed by atoms with Crippen LogP contribution in [0.2, 0.25) is 0 Å². The van der Waals surface area contributed by atoms with Crippen LogP contribution in [0.4, 0.5) is 0 Å². The lowest BCUT2D eigenvalue weighted by Crippen LogP contribution is -2.26. The predicted molar refractivity (Wildman–Crippen MR) is 82.5 cm³/mol. The van der Waals surface area contributed by atoms with Gasteiger partial charge in [0.25, 0.3) is 0 Å². The van der Waals surface area contributed by atoms with Gasteiger partial charge < -0.3 is 5.32 Å². The van der Waals surface area contributed by atoms with Crippen LogP contribution in [0.15, 0.2) is 12.3 Å². The maximum absolute atomic E-state index is 4.72. The molecule has 3 rings (SSSR count). The number of aromatic nitrogens is 2. The van der Waals surface area contributed by atoms with Gasteiger partial charge in [-0.25, -0.2) is 0 Å². The summed E-state index contributed by atoms with van der Waals surface area (Å²) in [6, 6.07) is 2.74.